The van der Waals surface area contributed by atoms with E-state index in [9.17, 15) is 27.9 Å². The van der Waals surface area contributed by atoms with Gasteiger partial charge < -0.3 is 29.1 Å². The van der Waals surface area contributed by atoms with E-state index in [0.29, 0.717) is 12.0 Å². The first kappa shape index (κ1) is 27.8. The first-order valence-electron chi connectivity index (χ1n) is 13.9. The summed E-state index contributed by atoms with van der Waals surface area (Å²) < 4.78 is 57.6. The van der Waals surface area contributed by atoms with E-state index in [4.69, 9.17) is 9.47 Å². The van der Waals surface area contributed by atoms with E-state index < -0.39 is 41.2 Å². The Morgan fingerprint density at radius 2 is 1.93 bits per heavy atom. The molecule has 1 saturated carbocycles. The van der Waals surface area contributed by atoms with Crippen molar-refractivity contribution in [3.05, 3.63) is 64.6 Å². The number of alkyl halides is 3. The number of nitrogens with zero attached hydrogens (tertiary/aromatic N) is 1. The molecule has 6 rings (SSSR count). The lowest BCUT2D eigenvalue weighted by Gasteiger charge is -2.60. The van der Waals surface area contributed by atoms with Gasteiger partial charge in [0.25, 0.3) is 5.91 Å². The molecule has 2 saturated heterocycles. The Balaban J connectivity index is 1.45. The summed E-state index contributed by atoms with van der Waals surface area (Å²) in [6.45, 7) is 2.02. The van der Waals surface area contributed by atoms with Gasteiger partial charge in [0.2, 0.25) is 5.72 Å². The molecular weight excluding hydrogens is 541 g/mol. The topological polar surface area (TPSA) is 94.1 Å². The summed E-state index contributed by atoms with van der Waals surface area (Å²) in [6.07, 6.45) is -0.199. The molecular formula is C30H34F3N2O6+. The third-order valence-electron chi connectivity index (χ3n) is 9.70. The predicted octanol–water partition coefficient (Wildman–Crippen LogP) is 4.50. The van der Waals surface area contributed by atoms with Crippen LogP contribution in [0.2, 0.25) is 0 Å². The monoisotopic (exact) mass is 575 g/mol. The number of carbonyl (C=O) groups excluding carboxylic acids is 2. The van der Waals surface area contributed by atoms with Gasteiger partial charge >= 0.3 is 12.3 Å². The lowest BCUT2D eigenvalue weighted by molar-refractivity contribution is -0.928. The molecule has 2 aliphatic heterocycles. The lowest BCUT2D eigenvalue weighted by atomic mass is 9.50. The van der Waals surface area contributed by atoms with Crippen LogP contribution < -0.4 is 5.32 Å². The number of rotatable bonds is 5. The van der Waals surface area contributed by atoms with Gasteiger partial charge in [0.1, 0.15) is 11.9 Å². The molecule has 11 heteroatoms. The van der Waals surface area contributed by atoms with Crippen molar-refractivity contribution in [2.75, 3.05) is 20.6 Å². The zero-order valence-electron chi connectivity index (χ0n) is 23.2. The molecule has 2 bridgehead atoms. The number of likely N-dealkylation sites (tertiary alicyclic amines) is 1. The molecule has 1 spiro atoms. The standard InChI is InChI=1S/C30H33F3N2O6/c1-17(36)40-29(34-27(38)23(41-30(31,32)33)14-18-8-5-4-6-9-18)16-22(37)19-15-21-20-10-7-11-24-28(20,12-13-35(21,2)3)25(19)26(29)39-24/h4-6,8-9,14,16,20-21,24,26H,7,10-13,15H2,1-3H3,(H-,34,37,38)/p+1/t20-,21+,24-,26?,28+,29?/m0/s1. The van der Waals surface area contributed by atoms with Gasteiger partial charge in [-0.15, -0.1) is 13.2 Å². The highest BCUT2D eigenvalue weighted by Gasteiger charge is 2.72. The number of esters is 1. The largest absolute Gasteiger partial charge is 0.573 e. The Kier molecular flexibility index (Phi) is 6.35. The second kappa shape index (κ2) is 9.35. The molecule has 3 aliphatic carbocycles. The normalized spacial score (nSPS) is 35.3. The van der Waals surface area contributed by atoms with Gasteiger partial charge in [0.05, 0.1) is 32.8 Å². The van der Waals surface area contributed by atoms with Crippen molar-refractivity contribution >= 4 is 18.0 Å². The smallest absolute Gasteiger partial charge is 0.508 e. The molecule has 0 radical (unpaired) electrons. The van der Waals surface area contributed by atoms with Crippen LogP contribution in [0, 0.1) is 11.3 Å². The minimum atomic E-state index is -5.16. The van der Waals surface area contributed by atoms with Crippen molar-refractivity contribution in [3.63, 3.8) is 0 Å². The van der Waals surface area contributed by atoms with Gasteiger partial charge in [-0.2, -0.15) is 0 Å². The molecule has 1 amide bonds. The Morgan fingerprint density at radius 3 is 2.61 bits per heavy atom. The van der Waals surface area contributed by atoms with Crippen LogP contribution in [0.3, 0.4) is 0 Å². The number of quaternary nitrogens is 1. The van der Waals surface area contributed by atoms with E-state index in [-0.39, 0.29) is 23.8 Å². The van der Waals surface area contributed by atoms with E-state index in [1.807, 2.05) is 0 Å². The Hall–Kier alpha value is -3.31. The molecule has 8 nitrogen and oxygen atoms in total. The number of carbonyl (C=O) groups is 2. The third-order valence-corrected chi connectivity index (χ3v) is 9.70. The van der Waals surface area contributed by atoms with Crippen LogP contribution in [0.25, 0.3) is 6.08 Å². The van der Waals surface area contributed by atoms with E-state index in [1.165, 1.54) is 18.2 Å². The number of piperidine rings is 1. The van der Waals surface area contributed by atoms with E-state index in [0.717, 1.165) is 60.9 Å². The number of benzene rings is 1. The fourth-order valence-electron chi connectivity index (χ4n) is 8.18. The van der Waals surface area contributed by atoms with Gasteiger partial charge in [-0.3, -0.25) is 9.59 Å². The number of amides is 1. The van der Waals surface area contributed by atoms with Crippen LogP contribution in [-0.4, -0.2) is 72.4 Å². The van der Waals surface area contributed by atoms with Crippen molar-refractivity contribution < 1.29 is 46.6 Å². The summed E-state index contributed by atoms with van der Waals surface area (Å²) in [7, 11) is 4.41. The summed E-state index contributed by atoms with van der Waals surface area (Å²) in [6, 6.07) is 8.18. The zero-order chi connectivity index (χ0) is 29.4. The van der Waals surface area contributed by atoms with Gasteiger partial charge in [-0.05, 0) is 30.1 Å². The maximum Gasteiger partial charge on any atom is 0.573 e. The minimum absolute atomic E-state index is 0.164. The van der Waals surface area contributed by atoms with Crippen LogP contribution in [0.1, 0.15) is 44.6 Å². The van der Waals surface area contributed by atoms with Crippen LogP contribution in [0.5, 0.6) is 0 Å². The van der Waals surface area contributed by atoms with Crippen LogP contribution in [0.15, 0.2) is 59.1 Å². The summed E-state index contributed by atoms with van der Waals surface area (Å²) >= 11 is 0. The molecule has 41 heavy (non-hydrogen) atoms. The molecule has 2 unspecified atom stereocenters. The van der Waals surface area contributed by atoms with E-state index in [1.54, 1.807) is 18.2 Å². The van der Waals surface area contributed by atoms with Crippen LogP contribution in [0.4, 0.5) is 13.2 Å². The number of halogens is 3. The number of hydrogen-bond donors (Lipinski definition) is 2. The van der Waals surface area contributed by atoms with Crippen molar-refractivity contribution in [2.24, 2.45) is 11.3 Å². The minimum Gasteiger partial charge on any atom is -0.508 e. The highest BCUT2D eigenvalue weighted by Crippen LogP contribution is 2.67. The fraction of sp³-hybridized carbons (Fsp3) is 0.533. The van der Waals surface area contributed by atoms with Crippen molar-refractivity contribution in [3.8, 4) is 0 Å². The Morgan fingerprint density at radius 1 is 1.20 bits per heavy atom. The molecule has 5 aliphatic rings. The molecule has 6 atom stereocenters. The molecule has 1 aromatic rings. The highest BCUT2D eigenvalue weighted by atomic mass is 19.4. The number of aliphatic hydroxyl groups is 1. The van der Waals surface area contributed by atoms with Gasteiger partial charge in [0.15, 0.2) is 5.76 Å². The van der Waals surface area contributed by atoms with Crippen LogP contribution in [-0.2, 0) is 23.8 Å². The van der Waals surface area contributed by atoms with Crippen molar-refractivity contribution in [2.45, 2.75) is 69.4 Å². The highest BCUT2D eigenvalue weighted by molar-refractivity contribution is 5.96. The number of ether oxygens (including phenoxy) is 3. The second-order valence-electron chi connectivity index (χ2n) is 12.3. The number of aliphatic hydroxyl groups excluding tert-OH is 1. The van der Waals surface area contributed by atoms with Crippen LogP contribution >= 0.6 is 0 Å². The third kappa shape index (κ3) is 4.44. The molecule has 2 N–H and O–H groups in total. The van der Waals surface area contributed by atoms with Crippen molar-refractivity contribution in [1.29, 1.82) is 0 Å². The summed E-state index contributed by atoms with van der Waals surface area (Å²) in [5.74, 6) is -3.03. The number of allylic oxidation sites excluding steroid dienone is 1. The first-order chi connectivity index (χ1) is 19.3. The zero-order valence-corrected chi connectivity index (χ0v) is 23.2. The summed E-state index contributed by atoms with van der Waals surface area (Å²) in [4.78, 5) is 26.0. The maximum atomic E-state index is 13.6. The number of nitrogens with one attached hydrogen (secondary N) is 1. The fourth-order valence-corrected chi connectivity index (χ4v) is 8.18. The lowest BCUT2D eigenvalue weighted by Crippen LogP contribution is -2.68. The van der Waals surface area contributed by atoms with Gasteiger partial charge in [0, 0.05) is 42.7 Å². The SMILES string of the molecule is CC(=O)OC1(NC(=O)C(=Cc2ccccc2)OC(F)(F)F)C=C(O)C2=C3C1O[C@H]1CCC[C@H]4[C@@H](C2)[N+](C)(C)CC[C@]314. The maximum absolute atomic E-state index is 13.6. The molecule has 0 aromatic heterocycles. The number of hydrogen-bond acceptors (Lipinski definition) is 6. The van der Waals surface area contributed by atoms with Gasteiger partial charge in [-0.1, -0.05) is 36.8 Å². The summed E-state index contributed by atoms with van der Waals surface area (Å²) in [5.41, 5.74) is -0.688. The average Bonchev–Trinajstić information content (AvgIpc) is 3.22. The molecule has 220 valence electrons. The van der Waals surface area contributed by atoms with E-state index >= 15 is 0 Å². The quantitative estimate of drug-likeness (QED) is 0.177. The second-order valence-corrected chi connectivity index (χ2v) is 12.3. The van der Waals surface area contributed by atoms with Crippen molar-refractivity contribution in [1.82, 2.24) is 5.32 Å². The first-order valence-corrected chi connectivity index (χ1v) is 13.9. The summed E-state index contributed by atoms with van der Waals surface area (Å²) in [5, 5.41) is 13.9. The molecule has 3 fully saturated rings. The Labute approximate surface area is 236 Å². The average molecular weight is 576 g/mol. The predicted molar refractivity (Wildman–Crippen MR) is 140 cm³/mol. The molecule has 2 heterocycles. The Bertz CT molecular complexity index is 1370. The molecule has 1 aromatic carbocycles. The van der Waals surface area contributed by atoms with Gasteiger partial charge in [-0.25, -0.2) is 0 Å². The van der Waals surface area contributed by atoms with E-state index in [2.05, 4.69) is 24.1 Å².